The van der Waals surface area contributed by atoms with Crippen LogP contribution in [0.4, 0.5) is 0 Å². The van der Waals surface area contributed by atoms with Crippen molar-refractivity contribution in [2.24, 2.45) is 10.4 Å². The van der Waals surface area contributed by atoms with Gasteiger partial charge in [-0.1, -0.05) is 0 Å². The fraction of sp³-hybridized carbons (Fsp3) is 0.625. The van der Waals surface area contributed by atoms with Crippen molar-refractivity contribution in [3.05, 3.63) is 21.9 Å². The summed E-state index contributed by atoms with van der Waals surface area (Å²) in [7, 11) is 3.40. The summed E-state index contributed by atoms with van der Waals surface area (Å²) in [6.07, 6.45) is 0.956. The monoisotopic (exact) mass is 452 g/mol. The van der Waals surface area contributed by atoms with E-state index in [1.165, 1.54) is 9.75 Å². The fourth-order valence-corrected chi connectivity index (χ4v) is 3.12. The summed E-state index contributed by atoms with van der Waals surface area (Å²) in [5.74, 6) is 0.732. The van der Waals surface area contributed by atoms with Gasteiger partial charge in [-0.2, -0.15) is 0 Å². The molecule has 1 rings (SSSR count). The van der Waals surface area contributed by atoms with Crippen LogP contribution in [0.3, 0.4) is 0 Å². The minimum Gasteiger partial charge on any atom is -0.359 e. The molecule has 1 atom stereocenters. The highest BCUT2D eigenvalue weighted by Crippen LogP contribution is 2.16. The zero-order chi connectivity index (χ0) is 16.8. The number of hydrogen-bond donors (Lipinski definition) is 3. The molecule has 1 heterocycles. The third-order valence-electron chi connectivity index (χ3n) is 3.45. The number of nitrogens with one attached hydrogen (secondary N) is 3. The Morgan fingerprint density at radius 3 is 2.52 bits per heavy atom. The third-order valence-corrected chi connectivity index (χ3v) is 4.47. The van der Waals surface area contributed by atoms with Gasteiger partial charge in [-0.05, 0) is 39.8 Å². The van der Waals surface area contributed by atoms with Gasteiger partial charge in [0.05, 0.1) is 5.41 Å². The molecule has 0 saturated carbocycles. The van der Waals surface area contributed by atoms with Crippen LogP contribution >= 0.6 is 35.3 Å². The van der Waals surface area contributed by atoms with E-state index in [-0.39, 0.29) is 35.9 Å². The van der Waals surface area contributed by atoms with Gasteiger partial charge >= 0.3 is 0 Å². The Hall–Kier alpha value is -0.830. The summed E-state index contributed by atoms with van der Waals surface area (Å²) in [4.78, 5) is 18.7. The number of carbonyl (C=O) groups excluding carboxylic acids is 1. The number of aliphatic imine (C=N–C) groups is 1. The predicted octanol–water partition coefficient (Wildman–Crippen LogP) is 2.54. The largest absolute Gasteiger partial charge is 0.359 e. The van der Waals surface area contributed by atoms with E-state index < -0.39 is 5.41 Å². The van der Waals surface area contributed by atoms with E-state index in [1.54, 1.807) is 14.1 Å². The van der Waals surface area contributed by atoms with Crippen molar-refractivity contribution in [2.45, 2.75) is 40.2 Å². The molecule has 7 heteroatoms. The Labute approximate surface area is 160 Å². The van der Waals surface area contributed by atoms with Gasteiger partial charge in [0.2, 0.25) is 5.91 Å². The standard InChI is InChI=1S/C16H28N4OS.HI/c1-11(9-13-8-7-12(2)22-13)20-15(18-6)19-10-16(3,4)14(21)17-5;/h7-8,11H,9-10H2,1-6H3,(H,17,21)(H2,18,19,20);1H. The molecule has 0 aliphatic carbocycles. The van der Waals surface area contributed by atoms with E-state index in [4.69, 9.17) is 0 Å². The molecule has 0 aromatic carbocycles. The number of aryl methyl sites for hydroxylation is 1. The van der Waals surface area contributed by atoms with Crippen LogP contribution in [-0.4, -0.2) is 38.5 Å². The lowest BCUT2D eigenvalue weighted by Gasteiger charge is -2.25. The molecule has 1 aromatic rings. The topological polar surface area (TPSA) is 65.5 Å². The first-order valence-corrected chi connectivity index (χ1v) is 8.35. The average molecular weight is 452 g/mol. The third kappa shape index (κ3) is 7.52. The van der Waals surface area contributed by atoms with E-state index in [1.807, 2.05) is 25.2 Å². The number of rotatable bonds is 6. The molecule has 5 nitrogen and oxygen atoms in total. The van der Waals surface area contributed by atoms with Gasteiger partial charge in [0.25, 0.3) is 0 Å². The highest BCUT2D eigenvalue weighted by molar-refractivity contribution is 14.0. The van der Waals surface area contributed by atoms with Crippen molar-refractivity contribution in [1.29, 1.82) is 0 Å². The molecular weight excluding hydrogens is 423 g/mol. The van der Waals surface area contributed by atoms with E-state index in [2.05, 4.69) is 46.9 Å². The smallest absolute Gasteiger partial charge is 0.227 e. The first-order valence-electron chi connectivity index (χ1n) is 7.53. The molecule has 0 aliphatic heterocycles. The maximum absolute atomic E-state index is 11.8. The van der Waals surface area contributed by atoms with Crippen LogP contribution in [0.25, 0.3) is 0 Å². The zero-order valence-electron chi connectivity index (χ0n) is 14.8. The van der Waals surface area contributed by atoms with Crippen molar-refractivity contribution in [3.8, 4) is 0 Å². The minimum absolute atomic E-state index is 0. The quantitative estimate of drug-likeness (QED) is 0.353. The Morgan fingerprint density at radius 2 is 2.04 bits per heavy atom. The van der Waals surface area contributed by atoms with Crippen LogP contribution < -0.4 is 16.0 Å². The Morgan fingerprint density at radius 1 is 1.39 bits per heavy atom. The van der Waals surface area contributed by atoms with Gasteiger partial charge in [0.15, 0.2) is 5.96 Å². The molecule has 0 aliphatic rings. The maximum atomic E-state index is 11.8. The van der Waals surface area contributed by atoms with Crippen LogP contribution in [0.5, 0.6) is 0 Å². The Kier molecular flexibility index (Phi) is 9.76. The van der Waals surface area contributed by atoms with Crippen molar-refractivity contribution in [1.82, 2.24) is 16.0 Å². The first-order chi connectivity index (χ1) is 10.3. The second-order valence-electron chi connectivity index (χ2n) is 6.15. The summed E-state index contributed by atoms with van der Waals surface area (Å²) in [6, 6.07) is 4.58. The van der Waals surface area contributed by atoms with Gasteiger partial charge in [0, 0.05) is 42.9 Å². The minimum atomic E-state index is -0.486. The van der Waals surface area contributed by atoms with Gasteiger partial charge in [0.1, 0.15) is 0 Å². The van der Waals surface area contributed by atoms with Crippen molar-refractivity contribution < 1.29 is 4.79 Å². The van der Waals surface area contributed by atoms with E-state index in [0.29, 0.717) is 6.54 Å². The molecule has 0 radical (unpaired) electrons. The van der Waals surface area contributed by atoms with E-state index in [9.17, 15) is 4.79 Å². The van der Waals surface area contributed by atoms with Crippen molar-refractivity contribution >= 4 is 47.2 Å². The van der Waals surface area contributed by atoms with Gasteiger partial charge < -0.3 is 16.0 Å². The van der Waals surface area contributed by atoms with Crippen LogP contribution in [0.1, 0.15) is 30.5 Å². The number of guanidine groups is 1. The molecule has 0 spiro atoms. The number of thiophene rings is 1. The lowest BCUT2D eigenvalue weighted by atomic mass is 9.92. The molecule has 0 bridgehead atoms. The molecule has 3 N–H and O–H groups in total. The second-order valence-corrected chi connectivity index (χ2v) is 7.52. The summed E-state index contributed by atoms with van der Waals surface area (Å²) in [5.41, 5.74) is -0.486. The lowest BCUT2D eigenvalue weighted by Crippen LogP contribution is -2.49. The molecule has 1 aromatic heterocycles. The number of nitrogens with zero attached hydrogens (tertiary/aromatic N) is 1. The van der Waals surface area contributed by atoms with Crippen LogP contribution in [0.2, 0.25) is 0 Å². The average Bonchev–Trinajstić information content (AvgIpc) is 2.87. The van der Waals surface area contributed by atoms with Gasteiger partial charge in [-0.3, -0.25) is 9.79 Å². The number of halogens is 1. The number of carbonyl (C=O) groups is 1. The molecule has 23 heavy (non-hydrogen) atoms. The highest BCUT2D eigenvalue weighted by Gasteiger charge is 2.26. The van der Waals surface area contributed by atoms with E-state index >= 15 is 0 Å². The maximum Gasteiger partial charge on any atom is 0.227 e. The summed E-state index contributed by atoms with van der Waals surface area (Å²) < 4.78 is 0. The Balaban J connectivity index is 0.00000484. The zero-order valence-corrected chi connectivity index (χ0v) is 18.0. The normalized spacial score (nSPS) is 13.0. The molecule has 1 amide bonds. The first kappa shape index (κ1) is 22.2. The molecular formula is C16H29IN4OS. The van der Waals surface area contributed by atoms with Crippen LogP contribution in [0.15, 0.2) is 17.1 Å². The second kappa shape index (κ2) is 10.1. The SMILES string of the molecule is CN=C(NCC(C)(C)C(=O)NC)NC(C)Cc1ccc(C)s1.I. The predicted molar refractivity (Wildman–Crippen MR) is 110 cm³/mol. The van der Waals surface area contributed by atoms with E-state index in [0.717, 1.165) is 12.4 Å². The van der Waals surface area contributed by atoms with Gasteiger partial charge in [-0.15, -0.1) is 35.3 Å². The summed E-state index contributed by atoms with van der Waals surface area (Å²) >= 11 is 1.82. The van der Waals surface area contributed by atoms with Crippen LogP contribution in [-0.2, 0) is 11.2 Å². The Bertz CT molecular complexity index is 528. The fourth-order valence-electron chi connectivity index (χ4n) is 2.10. The molecule has 0 saturated heterocycles. The summed E-state index contributed by atoms with van der Waals surface area (Å²) in [6.45, 7) is 8.59. The van der Waals surface area contributed by atoms with Crippen LogP contribution in [0, 0.1) is 12.3 Å². The van der Waals surface area contributed by atoms with Gasteiger partial charge in [-0.25, -0.2) is 0 Å². The summed E-state index contributed by atoms with van der Waals surface area (Å²) in [5, 5.41) is 9.28. The molecule has 0 fully saturated rings. The van der Waals surface area contributed by atoms with Crippen molar-refractivity contribution in [3.63, 3.8) is 0 Å². The highest BCUT2D eigenvalue weighted by atomic mass is 127. The number of hydrogen-bond acceptors (Lipinski definition) is 3. The van der Waals surface area contributed by atoms with Crippen molar-refractivity contribution in [2.75, 3.05) is 20.6 Å². The lowest BCUT2D eigenvalue weighted by molar-refractivity contribution is -0.128. The molecule has 1 unspecified atom stereocenters. The molecule has 132 valence electrons. The number of amides is 1.